The molecular weight excluding hydrogens is 466 g/mol. The summed E-state index contributed by atoms with van der Waals surface area (Å²) in [6, 6.07) is 12.9. The highest BCUT2D eigenvalue weighted by molar-refractivity contribution is 8.00. The zero-order chi connectivity index (χ0) is 24.9. The first-order valence-corrected chi connectivity index (χ1v) is 12.4. The van der Waals surface area contributed by atoms with Gasteiger partial charge in [0.25, 0.3) is 5.56 Å². The van der Waals surface area contributed by atoms with Crippen LogP contribution < -0.4 is 20.3 Å². The van der Waals surface area contributed by atoms with Gasteiger partial charge < -0.3 is 14.8 Å². The molecule has 35 heavy (non-hydrogen) atoms. The van der Waals surface area contributed by atoms with E-state index in [1.165, 1.54) is 11.8 Å². The first kappa shape index (κ1) is 24.6. The minimum absolute atomic E-state index is 0.0776. The second-order valence-electron chi connectivity index (χ2n) is 8.11. The fourth-order valence-electron chi connectivity index (χ4n) is 3.86. The standard InChI is InChI=1S/C25H29N5O4S/c1-5-6-13-29-23(32)18-9-7-8-10-19(18)30-24(29)27-28-25(30)35-16(2)22(31)26-15-17-11-12-20(33-3)21(14-17)34-4/h7-12,14,16H,5-6,13,15H2,1-4H3,(H,26,31). The van der Waals surface area contributed by atoms with Gasteiger partial charge in [-0.25, -0.2) is 0 Å². The normalized spacial score (nSPS) is 12.1. The van der Waals surface area contributed by atoms with Gasteiger partial charge in [0.05, 0.1) is 30.4 Å². The monoisotopic (exact) mass is 495 g/mol. The third-order valence-corrected chi connectivity index (χ3v) is 6.82. The van der Waals surface area contributed by atoms with Crippen molar-refractivity contribution >= 4 is 34.3 Å². The molecule has 1 N–H and O–H groups in total. The molecule has 1 amide bonds. The van der Waals surface area contributed by atoms with Gasteiger partial charge in [-0.2, -0.15) is 0 Å². The van der Waals surface area contributed by atoms with E-state index < -0.39 is 5.25 Å². The van der Waals surface area contributed by atoms with Crippen LogP contribution in [0.15, 0.2) is 52.4 Å². The molecule has 9 nitrogen and oxygen atoms in total. The van der Waals surface area contributed by atoms with E-state index in [-0.39, 0.29) is 11.5 Å². The third kappa shape index (κ3) is 4.97. The van der Waals surface area contributed by atoms with Crippen LogP contribution in [0.1, 0.15) is 32.3 Å². The van der Waals surface area contributed by atoms with E-state index in [1.54, 1.807) is 18.8 Å². The van der Waals surface area contributed by atoms with Gasteiger partial charge in [0.15, 0.2) is 16.7 Å². The van der Waals surface area contributed by atoms with E-state index in [4.69, 9.17) is 9.47 Å². The molecule has 2 aromatic heterocycles. The van der Waals surface area contributed by atoms with Crippen LogP contribution >= 0.6 is 11.8 Å². The van der Waals surface area contributed by atoms with Crippen LogP contribution in [0.5, 0.6) is 11.5 Å². The average Bonchev–Trinajstić information content (AvgIpc) is 3.30. The number of aryl methyl sites for hydroxylation is 1. The molecule has 0 aliphatic carbocycles. The van der Waals surface area contributed by atoms with Crippen molar-refractivity contribution in [3.63, 3.8) is 0 Å². The highest BCUT2D eigenvalue weighted by Crippen LogP contribution is 2.28. The molecule has 4 rings (SSSR count). The fraction of sp³-hybridized carbons (Fsp3) is 0.360. The number of carbonyl (C=O) groups is 1. The summed E-state index contributed by atoms with van der Waals surface area (Å²) in [5, 5.41) is 12.4. The van der Waals surface area contributed by atoms with Crippen molar-refractivity contribution in [1.29, 1.82) is 0 Å². The van der Waals surface area contributed by atoms with E-state index >= 15 is 0 Å². The number of nitrogens with one attached hydrogen (secondary N) is 1. The molecule has 1 unspecified atom stereocenters. The molecule has 0 saturated carbocycles. The van der Waals surface area contributed by atoms with Gasteiger partial charge in [0.1, 0.15) is 0 Å². The van der Waals surface area contributed by atoms with Crippen molar-refractivity contribution < 1.29 is 14.3 Å². The number of ether oxygens (including phenoxy) is 2. The zero-order valence-electron chi connectivity index (χ0n) is 20.3. The molecule has 4 aromatic rings. The summed E-state index contributed by atoms with van der Waals surface area (Å²) in [6.45, 7) is 4.82. The summed E-state index contributed by atoms with van der Waals surface area (Å²) in [6.07, 6.45) is 1.82. The first-order chi connectivity index (χ1) is 17.0. The van der Waals surface area contributed by atoms with Gasteiger partial charge in [-0.3, -0.25) is 18.6 Å². The number of rotatable bonds is 10. The Bertz CT molecular complexity index is 1410. The number of hydrogen-bond acceptors (Lipinski definition) is 7. The van der Waals surface area contributed by atoms with Gasteiger partial charge in [-0.05, 0) is 43.2 Å². The minimum atomic E-state index is -0.433. The van der Waals surface area contributed by atoms with Crippen molar-refractivity contribution in [2.45, 2.75) is 50.2 Å². The lowest BCUT2D eigenvalue weighted by Crippen LogP contribution is -2.30. The van der Waals surface area contributed by atoms with E-state index in [0.29, 0.717) is 40.9 Å². The number of aromatic nitrogens is 4. The smallest absolute Gasteiger partial charge is 0.262 e. The number of hydrogen-bond donors (Lipinski definition) is 1. The Morgan fingerprint density at radius 3 is 2.63 bits per heavy atom. The summed E-state index contributed by atoms with van der Waals surface area (Å²) in [7, 11) is 3.16. The number of fused-ring (bicyclic) bond motifs is 3. The van der Waals surface area contributed by atoms with Gasteiger partial charge in [0.2, 0.25) is 11.7 Å². The van der Waals surface area contributed by atoms with Crippen LogP contribution in [-0.4, -0.2) is 44.5 Å². The summed E-state index contributed by atoms with van der Waals surface area (Å²) in [4.78, 5) is 26.0. The predicted octanol–water partition coefficient (Wildman–Crippen LogP) is 3.66. The molecule has 2 aromatic carbocycles. The molecule has 0 radical (unpaired) electrons. The molecular formula is C25H29N5O4S. The van der Waals surface area contributed by atoms with Crippen LogP contribution in [0.2, 0.25) is 0 Å². The Kier molecular flexibility index (Phi) is 7.60. The SMILES string of the molecule is CCCCn1c(=O)c2ccccc2n2c(SC(C)C(=O)NCc3ccc(OC)c(OC)c3)nnc12. The number of carbonyl (C=O) groups excluding carboxylic acids is 1. The maximum absolute atomic E-state index is 13.1. The number of para-hydroxylation sites is 1. The molecule has 1 atom stereocenters. The molecule has 10 heteroatoms. The minimum Gasteiger partial charge on any atom is -0.493 e. The number of nitrogens with zero attached hydrogens (tertiary/aromatic N) is 4. The molecule has 184 valence electrons. The van der Waals surface area contributed by atoms with Crippen molar-refractivity contribution in [2.24, 2.45) is 0 Å². The van der Waals surface area contributed by atoms with Crippen LogP contribution in [0.4, 0.5) is 0 Å². The lowest BCUT2D eigenvalue weighted by Gasteiger charge is -2.14. The predicted molar refractivity (Wildman–Crippen MR) is 136 cm³/mol. The fourth-order valence-corrected chi connectivity index (χ4v) is 4.74. The molecule has 0 spiro atoms. The zero-order valence-corrected chi connectivity index (χ0v) is 21.1. The average molecular weight is 496 g/mol. The lowest BCUT2D eigenvalue weighted by atomic mass is 10.2. The van der Waals surface area contributed by atoms with Crippen molar-refractivity contribution in [3.05, 3.63) is 58.4 Å². The number of amides is 1. The summed E-state index contributed by atoms with van der Waals surface area (Å²) < 4.78 is 14.1. The Balaban J connectivity index is 1.57. The summed E-state index contributed by atoms with van der Waals surface area (Å²) in [5.74, 6) is 1.60. The second kappa shape index (κ2) is 10.8. The van der Waals surface area contributed by atoms with E-state index in [9.17, 15) is 9.59 Å². The molecule has 0 aliphatic rings. The number of benzene rings is 2. The van der Waals surface area contributed by atoms with E-state index in [2.05, 4.69) is 22.4 Å². The maximum atomic E-state index is 13.1. The summed E-state index contributed by atoms with van der Waals surface area (Å²) in [5.41, 5.74) is 1.55. The number of thioether (sulfide) groups is 1. The third-order valence-electron chi connectivity index (χ3n) is 5.78. The van der Waals surface area contributed by atoms with E-state index in [0.717, 1.165) is 23.9 Å². The molecule has 0 saturated heterocycles. The van der Waals surface area contributed by atoms with E-state index in [1.807, 2.05) is 53.8 Å². The van der Waals surface area contributed by atoms with Crippen LogP contribution in [-0.2, 0) is 17.9 Å². The highest BCUT2D eigenvalue weighted by Gasteiger charge is 2.21. The molecule has 0 aliphatic heterocycles. The Morgan fingerprint density at radius 1 is 1.11 bits per heavy atom. The van der Waals surface area contributed by atoms with Crippen LogP contribution in [0.25, 0.3) is 16.7 Å². The van der Waals surface area contributed by atoms with Crippen molar-refractivity contribution in [2.75, 3.05) is 14.2 Å². The van der Waals surface area contributed by atoms with Gasteiger partial charge in [0, 0.05) is 13.1 Å². The Labute approximate surface area is 207 Å². The number of methoxy groups -OCH3 is 2. The first-order valence-electron chi connectivity index (χ1n) is 11.5. The number of unbranched alkanes of at least 4 members (excludes halogenated alkanes) is 1. The van der Waals surface area contributed by atoms with Gasteiger partial charge in [-0.1, -0.05) is 43.3 Å². The van der Waals surface area contributed by atoms with Gasteiger partial charge in [-0.15, -0.1) is 10.2 Å². The van der Waals surface area contributed by atoms with Crippen molar-refractivity contribution in [3.8, 4) is 11.5 Å². The Morgan fingerprint density at radius 2 is 1.89 bits per heavy atom. The molecule has 2 heterocycles. The largest absolute Gasteiger partial charge is 0.493 e. The summed E-state index contributed by atoms with van der Waals surface area (Å²) >= 11 is 1.31. The second-order valence-corrected chi connectivity index (χ2v) is 9.42. The quantitative estimate of drug-likeness (QED) is 0.335. The lowest BCUT2D eigenvalue weighted by molar-refractivity contribution is -0.120. The Hall–Kier alpha value is -3.53. The highest BCUT2D eigenvalue weighted by atomic mass is 32.2. The van der Waals surface area contributed by atoms with Crippen LogP contribution in [0, 0.1) is 0 Å². The van der Waals surface area contributed by atoms with Crippen molar-refractivity contribution in [1.82, 2.24) is 24.5 Å². The molecule has 0 bridgehead atoms. The topological polar surface area (TPSA) is 99.8 Å². The molecule has 0 fully saturated rings. The maximum Gasteiger partial charge on any atom is 0.262 e. The van der Waals surface area contributed by atoms with Gasteiger partial charge >= 0.3 is 0 Å². The van der Waals surface area contributed by atoms with Crippen LogP contribution in [0.3, 0.4) is 0 Å².